The topological polar surface area (TPSA) is 61.8 Å². The Morgan fingerprint density at radius 2 is 1.94 bits per heavy atom. The number of carbonyl (C=O) groups excluding carboxylic acids is 2. The molecule has 0 aliphatic heterocycles. The maximum absolute atomic E-state index is 11.5. The summed E-state index contributed by atoms with van der Waals surface area (Å²) in [5.74, 6) is -0.573. The molecule has 1 aromatic rings. The molecule has 0 aromatic heterocycles. The fraction of sp³-hybridized carbons (Fsp3) is 0.333. The Kier molecular flexibility index (Phi) is 5.00. The lowest BCUT2D eigenvalue weighted by atomic mass is 10.2. The summed E-state index contributed by atoms with van der Waals surface area (Å²) >= 11 is 0. The van der Waals surface area contributed by atoms with Crippen molar-refractivity contribution in [3.8, 4) is 0 Å². The van der Waals surface area contributed by atoms with E-state index in [4.69, 9.17) is 4.74 Å². The minimum atomic E-state index is -0.995. The molecule has 0 aliphatic carbocycles. The first-order valence-electron chi connectivity index (χ1n) is 5.14. The van der Waals surface area contributed by atoms with Crippen LogP contribution in [0.1, 0.15) is 24.2 Å². The van der Waals surface area contributed by atoms with Gasteiger partial charge in [-0.2, -0.15) is 0 Å². The highest BCUT2D eigenvalue weighted by Gasteiger charge is 2.15. The lowest BCUT2D eigenvalue weighted by Crippen LogP contribution is -2.22. The predicted molar refractivity (Wildman–Crippen MR) is 58.3 cm³/mol. The molecule has 0 saturated heterocycles. The molecule has 0 fully saturated rings. The monoisotopic (exact) mass is 237 g/mol. The van der Waals surface area contributed by atoms with Crippen LogP contribution < -0.4 is 0 Å². The van der Waals surface area contributed by atoms with Gasteiger partial charge in [-0.25, -0.2) is 9.59 Å². The number of esters is 1. The van der Waals surface area contributed by atoms with Crippen molar-refractivity contribution in [2.24, 2.45) is 0 Å². The van der Waals surface area contributed by atoms with E-state index in [9.17, 15) is 9.59 Å². The van der Waals surface area contributed by atoms with Crippen molar-refractivity contribution in [1.29, 1.82) is 0 Å². The first-order chi connectivity index (χ1) is 8.13. The quantitative estimate of drug-likeness (QED) is 0.593. The smallest absolute Gasteiger partial charge is 0.435 e. The first kappa shape index (κ1) is 13.0. The minimum absolute atomic E-state index is 0.202. The van der Waals surface area contributed by atoms with E-state index in [1.54, 1.807) is 31.2 Å². The zero-order valence-electron chi connectivity index (χ0n) is 9.64. The fourth-order valence-corrected chi connectivity index (χ4v) is 1.05. The van der Waals surface area contributed by atoms with Gasteiger partial charge in [-0.15, -0.1) is 0 Å². The van der Waals surface area contributed by atoms with Crippen LogP contribution in [0.3, 0.4) is 0 Å². The average Bonchev–Trinajstić information content (AvgIpc) is 2.30. The van der Waals surface area contributed by atoms with Crippen molar-refractivity contribution in [2.45, 2.75) is 20.1 Å². The molecule has 0 aliphatic rings. The molecular weight excluding hydrogens is 224 g/mol. The molecule has 0 spiro atoms. The molecule has 0 amide bonds. The summed E-state index contributed by atoms with van der Waals surface area (Å²) in [5, 5.41) is 0. The van der Waals surface area contributed by atoms with Crippen molar-refractivity contribution in [3.05, 3.63) is 35.9 Å². The Balaban J connectivity index is 2.44. The van der Waals surface area contributed by atoms with Gasteiger partial charge in [0.05, 0.1) is 12.2 Å². The molecule has 1 radical (unpaired) electrons. The summed E-state index contributed by atoms with van der Waals surface area (Å²) in [4.78, 5) is 22.5. The van der Waals surface area contributed by atoms with E-state index < -0.39 is 18.4 Å². The Morgan fingerprint density at radius 1 is 1.29 bits per heavy atom. The molecule has 0 bridgehead atoms. The van der Waals surface area contributed by atoms with Crippen molar-refractivity contribution >= 4 is 12.1 Å². The number of rotatable bonds is 4. The lowest BCUT2D eigenvalue weighted by Gasteiger charge is -2.13. The highest BCUT2D eigenvalue weighted by Crippen LogP contribution is 2.05. The number of ether oxygens (including phenoxy) is 3. The molecule has 91 valence electrons. The summed E-state index contributed by atoms with van der Waals surface area (Å²) < 4.78 is 14.1. The molecule has 1 atom stereocenters. The zero-order chi connectivity index (χ0) is 12.7. The van der Waals surface area contributed by atoms with Crippen LogP contribution in [-0.2, 0) is 14.2 Å². The lowest BCUT2D eigenvalue weighted by molar-refractivity contribution is -0.0811. The van der Waals surface area contributed by atoms with Crippen LogP contribution >= 0.6 is 0 Å². The predicted octanol–water partition coefficient (Wildman–Crippen LogP) is 2.16. The van der Waals surface area contributed by atoms with Crippen molar-refractivity contribution in [3.63, 3.8) is 0 Å². The van der Waals surface area contributed by atoms with E-state index in [2.05, 4.69) is 15.5 Å². The van der Waals surface area contributed by atoms with E-state index in [-0.39, 0.29) is 6.61 Å². The van der Waals surface area contributed by atoms with Crippen molar-refractivity contribution in [1.82, 2.24) is 0 Å². The molecular formula is C12H13O5. The van der Waals surface area contributed by atoms with Crippen LogP contribution in [-0.4, -0.2) is 25.0 Å². The van der Waals surface area contributed by atoms with Crippen LogP contribution in [0.5, 0.6) is 0 Å². The summed E-state index contributed by atoms with van der Waals surface area (Å²) in [6, 6.07) is 9.07. The van der Waals surface area contributed by atoms with Gasteiger partial charge in [-0.3, -0.25) is 0 Å². The van der Waals surface area contributed by atoms with Crippen LogP contribution in [0.2, 0.25) is 0 Å². The molecule has 1 rings (SSSR count). The summed E-state index contributed by atoms with van der Waals surface area (Å²) in [5.41, 5.74) is 0.364. The van der Waals surface area contributed by atoms with Crippen LogP contribution in [0, 0.1) is 6.07 Å². The fourth-order valence-electron chi connectivity index (χ4n) is 1.05. The van der Waals surface area contributed by atoms with Gasteiger partial charge in [0.25, 0.3) is 0 Å². The van der Waals surface area contributed by atoms with Gasteiger partial charge >= 0.3 is 12.1 Å². The van der Waals surface area contributed by atoms with Gasteiger partial charge in [0.2, 0.25) is 6.29 Å². The highest BCUT2D eigenvalue weighted by atomic mass is 16.8. The van der Waals surface area contributed by atoms with Gasteiger partial charge in [0, 0.05) is 6.92 Å². The number of benzene rings is 1. The number of hydrogen-bond donors (Lipinski definition) is 0. The third-order valence-corrected chi connectivity index (χ3v) is 1.75. The second kappa shape index (κ2) is 6.52. The maximum atomic E-state index is 11.5. The maximum Gasteiger partial charge on any atom is 0.511 e. The molecule has 5 heteroatoms. The van der Waals surface area contributed by atoms with E-state index in [1.807, 2.05) is 0 Å². The normalized spacial score (nSPS) is 11.4. The zero-order valence-corrected chi connectivity index (χ0v) is 9.64. The summed E-state index contributed by atoms with van der Waals surface area (Å²) in [7, 11) is 0. The minimum Gasteiger partial charge on any atom is -0.435 e. The van der Waals surface area contributed by atoms with Crippen LogP contribution in [0.4, 0.5) is 4.79 Å². The molecule has 17 heavy (non-hydrogen) atoms. The standard InChI is InChI=1S/C12H13O5/c1-3-15-12(14)17-9(2)16-11(13)10-7-5-4-6-8-10/h5-9H,3H2,1-2H3. The van der Waals surface area contributed by atoms with E-state index in [0.717, 1.165) is 0 Å². The molecule has 0 heterocycles. The summed E-state index contributed by atoms with van der Waals surface area (Å²) in [6.45, 7) is 3.29. The number of carbonyl (C=O) groups is 2. The van der Waals surface area contributed by atoms with Crippen LogP contribution in [0.15, 0.2) is 24.3 Å². The Morgan fingerprint density at radius 3 is 2.53 bits per heavy atom. The van der Waals surface area contributed by atoms with Gasteiger partial charge in [0.15, 0.2) is 0 Å². The molecule has 1 unspecified atom stereocenters. The molecule has 0 N–H and O–H groups in total. The van der Waals surface area contributed by atoms with E-state index in [0.29, 0.717) is 5.56 Å². The summed E-state index contributed by atoms with van der Waals surface area (Å²) in [6.07, 6.45) is -1.86. The van der Waals surface area contributed by atoms with Crippen LogP contribution in [0.25, 0.3) is 0 Å². The largest absolute Gasteiger partial charge is 0.511 e. The SMILES string of the molecule is CCOC(=O)OC(C)OC(=O)c1cc[c]cc1. The molecule has 0 saturated carbocycles. The Bertz CT molecular complexity index is 374. The average molecular weight is 237 g/mol. The van der Waals surface area contributed by atoms with Crippen molar-refractivity contribution in [2.75, 3.05) is 6.61 Å². The molecule has 5 nitrogen and oxygen atoms in total. The first-order valence-corrected chi connectivity index (χ1v) is 5.14. The van der Waals surface area contributed by atoms with E-state index in [1.165, 1.54) is 6.92 Å². The Hall–Kier alpha value is -2.04. The molecule has 1 aromatic carbocycles. The Labute approximate surface area is 99.3 Å². The third kappa shape index (κ3) is 4.55. The van der Waals surface area contributed by atoms with Gasteiger partial charge in [-0.05, 0) is 25.1 Å². The third-order valence-electron chi connectivity index (χ3n) is 1.75. The number of hydrogen-bond acceptors (Lipinski definition) is 5. The highest BCUT2D eigenvalue weighted by molar-refractivity contribution is 5.89. The van der Waals surface area contributed by atoms with E-state index >= 15 is 0 Å². The van der Waals surface area contributed by atoms with Crippen molar-refractivity contribution < 1.29 is 23.8 Å². The second-order valence-corrected chi connectivity index (χ2v) is 3.06. The second-order valence-electron chi connectivity index (χ2n) is 3.06. The van der Waals surface area contributed by atoms with Gasteiger partial charge < -0.3 is 14.2 Å². The van der Waals surface area contributed by atoms with Gasteiger partial charge in [-0.1, -0.05) is 12.1 Å². The van der Waals surface area contributed by atoms with Gasteiger partial charge in [0.1, 0.15) is 0 Å².